The Hall–Kier alpha value is -1.42. The Balaban J connectivity index is 2.45. The summed E-state index contributed by atoms with van der Waals surface area (Å²) in [6, 6.07) is 8.25. The second-order valence-corrected chi connectivity index (χ2v) is 2.83. The maximum Gasteiger partial charge on any atom is 0.0765 e. The van der Waals surface area contributed by atoms with Crippen LogP contribution >= 0.6 is 0 Å². The molecule has 1 radical (unpaired) electrons. The molecule has 0 bridgehead atoms. The van der Waals surface area contributed by atoms with Gasteiger partial charge in [-0.25, -0.2) is 0 Å². The molecule has 1 aromatic carbocycles. The minimum atomic E-state index is 0.676. The number of hydrogen-bond acceptors (Lipinski definition) is 1. The van der Waals surface area contributed by atoms with Crippen LogP contribution in [0, 0.1) is 25.7 Å². The lowest BCUT2D eigenvalue weighted by Crippen LogP contribution is -1.98. The average molecular weight is 172 g/mol. The minimum absolute atomic E-state index is 0.676. The van der Waals surface area contributed by atoms with Crippen LogP contribution in [0.25, 0.3) is 0 Å². The van der Waals surface area contributed by atoms with Gasteiger partial charge in [-0.3, -0.25) is 0 Å². The molecular weight excluding hydrogens is 158 g/mol. The Morgan fingerprint density at radius 1 is 1.38 bits per heavy atom. The van der Waals surface area contributed by atoms with Crippen molar-refractivity contribution in [3.05, 3.63) is 36.8 Å². The molecule has 0 heterocycles. The summed E-state index contributed by atoms with van der Waals surface area (Å²) in [7, 11) is 0. The van der Waals surface area contributed by atoms with E-state index in [9.17, 15) is 0 Å². The second-order valence-electron chi connectivity index (χ2n) is 2.83. The first-order chi connectivity index (χ1) is 6.33. The topological polar surface area (TPSA) is 12.0 Å². The molecule has 1 N–H and O–H groups in total. The van der Waals surface area contributed by atoms with Crippen LogP contribution in [-0.2, 0) is 0 Å². The predicted molar refractivity (Wildman–Crippen MR) is 57.4 cm³/mol. The van der Waals surface area contributed by atoms with E-state index in [2.05, 4.69) is 43.1 Å². The van der Waals surface area contributed by atoms with Crippen LogP contribution in [0.4, 0.5) is 5.69 Å². The fourth-order valence-corrected chi connectivity index (χ4v) is 1.05. The van der Waals surface area contributed by atoms with Gasteiger partial charge in [-0.2, -0.15) is 0 Å². The number of rotatable bonds is 2. The lowest BCUT2D eigenvalue weighted by atomic mass is 10.2. The average Bonchev–Trinajstić information content (AvgIpc) is 2.13. The van der Waals surface area contributed by atoms with E-state index >= 15 is 0 Å². The summed E-state index contributed by atoms with van der Waals surface area (Å²) in [5.74, 6) is 5.89. The van der Waals surface area contributed by atoms with Gasteiger partial charge in [0.25, 0.3) is 0 Å². The third-order valence-electron chi connectivity index (χ3n) is 1.65. The van der Waals surface area contributed by atoms with Crippen LogP contribution in [0.15, 0.2) is 24.3 Å². The smallest absolute Gasteiger partial charge is 0.0765 e. The molecule has 0 aliphatic carbocycles. The van der Waals surface area contributed by atoms with Gasteiger partial charge < -0.3 is 5.32 Å². The number of nitrogens with one attached hydrogen (secondary N) is 1. The zero-order chi connectivity index (χ0) is 9.52. The van der Waals surface area contributed by atoms with Gasteiger partial charge in [-0.15, -0.1) is 5.92 Å². The standard InChI is InChI=1S/C12H14N/c1-3-4-5-9-13-12-8-6-7-11(2)10-12/h6-8,10,13H,1,3,9H2,2H3. The molecule has 0 amide bonds. The van der Waals surface area contributed by atoms with E-state index < -0.39 is 0 Å². The maximum absolute atomic E-state index is 3.64. The van der Waals surface area contributed by atoms with Crippen molar-refractivity contribution >= 4 is 5.69 Å². The van der Waals surface area contributed by atoms with Crippen LogP contribution in [0.1, 0.15) is 12.0 Å². The summed E-state index contributed by atoms with van der Waals surface area (Å²) >= 11 is 0. The predicted octanol–water partition coefficient (Wildman–Crippen LogP) is 2.63. The molecule has 0 saturated heterocycles. The van der Waals surface area contributed by atoms with E-state index in [-0.39, 0.29) is 0 Å². The molecule has 0 fully saturated rings. The van der Waals surface area contributed by atoms with E-state index in [0.717, 1.165) is 5.69 Å². The molecule has 0 aliphatic heterocycles. The van der Waals surface area contributed by atoms with Gasteiger partial charge in [-0.05, 0) is 31.5 Å². The highest BCUT2D eigenvalue weighted by Crippen LogP contribution is 2.08. The Kier molecular flexibility index (Phi) is 3.92. The minimum Gasteiger partial charge on any atom is -0.374 e. The Morgan fingerprint density at radius 2 is 2.23 bits per heavy atom. The summed E-state index contributed by atoms with van der Waals surface area (Å²) in [6.07, 6.45) is 0.676. The first-order valence-electron chi connectivity index (χ1n) is 4.38. The number of benzene rings is 1. The molecule has 0 spiro atoms. The molecule has 1 heteroatoms. The third-order valence-corrected chi connectivity index (χ3v) is 1.65. The van der Waals surface area contributed by atoms with Crippen molar-refractivity contribution in [3.63, 3.8) is 0 Å². The van der Waals surface area contributed by atoms with E-state index in [0.29, 0.717) is 13.0 Å². The van der Waals surface area contributed by atoms with Crippen molar-refractivity contribution in [3.8, 4) is 11.8 Å². The van der Waals surface area contributed by atoms with Crippen LogP contribution in [0.2, 0.25) is 0 Å². The highest BCUT2D eigenvalue weighted by atomic mass is 14.8. The normalized spacial score (nSPS) is 8.77. The van der Waals surface area contributed by atoms with Crippen molar-refractivity contribution in [2.45, 2.75) is 13.3 Å². The van der Waals surface area contributed by atoms with Crippen molar-refractivity contribution < 1.29 is 0 Å². The van der Waals surface area contributed by atoms with Gasteiger partial charge in [0, 0.05) is 12.1 Å². The van der Waals surface area contributed by atoms with Crippen LogP contribution in [-0.4, -0.2) is 6.54 Å². The molecule has 0 unspecified atom stereocenters. The summed E-state index contributed by atoms with van der Waals surface area (Å²) in [5, 5.41) is 3.22. The number of aryl methyl sites for hydroxylation is 1. The Labute approximate surface area is 80.2 Å². The van der Waals surface area contributed by atoms with Crippen LogP contribution < -0.4 is 5.32 Å². The lowest BCUT2D eigenvalue weighted by molar-refractivity contribution is 1.35. The van der Waals surface area contributed by atoms with E-state index in [1.165, 1.54) is 5.56 Å². The van der Waals surface area contributed by atoms with Gasteiger partial charge in [0.2, 0.25) is 0 Å². The van der Waals surface area contributed by atoms with Gasteiger partial charge >= 0.3 is 0 Å². The number of hydrogen-bond donors (Lipinski definition) is 1. The van der Waals surface area contributed by atoms with Gasteiger partial charge in [0.1, 0.15) is 0 Å². The monoisotopic (exact) mass is 172 g/mol. The molecule has 1 nitrogen and oxygen atoms in total. The quantitative estimate of drug-likeness (QED) is 0.676. The first kappa shape index (κ1) is 9.67. The Morgan fingerprint density at radius 3 is 2.92 bits per heavy atom. The maximum atomic E-state index is 3.64. The van der Waals surface area contributed by atoms with Gasteiger partial charge in [-0.1, -0.05) is 18.1 Å². The summed E-state index contributed by atoms with van der Waals surface area (Å²) in [4.78, 5) is 0. The summed E-state index contributed by atoms with van der Waals surface area (Å²) in [6.45, 7) is 6.41. The molecular formula is C12H14N. The van der Waals surface area contributed by atoms with E-state index in [4.69, 9.17) is 0 Å². The van der Waals surface area contributed by atoms with E-state index in [1.54, 1.807) is 0 Å². The molecule has 13 heavy (non-hydrogen) atoms. The van der Waals surface area contributed by atoms with Gasteiger partial charge in [0.15, 0.2) is 0 Å². The largest absolute Gasteiger partial charge is 0.374 e. The molecule has 67 valence electrons. The van der Waals surface area contributed by atoms with Crippen molar-refractivity contribution in [1.29, 1.82) is 0 Å². The lowest BCUT2D eigenvalue weighted by Gasteiger charge is -2.02. The van der Waals surface area contributed by atoms with Crippen molar-refractivity contribution in [2.75, 3.05) is 11.9 Å². The summed E-state index contributed by atoms with van der Waals surface area (Å²) < 4.78 is 0. The van der Waals surface area contributed by atoms with Gasteiger partial charge in [0.05, 0.1) is 6.54 Å². The van der Waals surface area contributed by atoms with E-state index in [1.807, 2.05) is 12.1 Å². The van der Waals surface area contributed by atoms with Crippen LogP contribution in [0.3, 0.4) is 0 Å². The fourth-order valence-electron chi connectivity index (χ4n) is 1.05. The molecule has 1 aromatic rings. The molecule has 0 aliphatic rings. The molecule has 0 saturated carbocycles. The van der Waals surface area contributed by atoms with Crippen LogP contribution in [0.5, 0.6) is 0 Å². The summed E-state index contributed by atoms with van der Waals surface area (Å²) in [5.41, 5.74) is 2.38. The highest BCUT2D eigenvalue weighted by Gasteiger charge is 1.88. The highest BCUT2D eigenvalue weighted by molar-refractivity contribution is 5.46. The zero-order valence-electron chi connectivity index (χ0n) is 7.93. The second kappa shape index (κ2) is 5.27. The molecule has 0 atom stereocenters. The molecule has 1 rings (SSSR count). The Bertz CT molecular complexity index is 317. The fraction of sp³-hybridized carbons (Fsp3) is 0.250. The first-order valence-corrected chi connectivity index (χ1v) is 4.38. The van der Waals surface area contributed by atoms with Crippen molar-refractivity contribution in [1.82, 2.24) is 0 Å². The third kappa shape index (κ3) is 3.66. The zero-order valence-corrected chi connectivity index (χ0v) is 7.93. The molecule has 0 aromatic heterocycles. The van der Waals surface area contributed by atoms with Crippen molar-refractivity contribution in [2.24, 2.45) is 0 Å². The number of anilines is 1. The SMILES string of the molecule is [CH2]CC#CCNc1cccc(C)c1.